The molecule has 0 bridgehead atoms. The first-order valence-corrected chi connectivity index (χ1v) is 4.23. The predicted octanol–water partition coefficient (Wildman–Crippen LogP) is 0.609. The van der Waals surface area contributed by atoms with E-state index in [9.17, 15) is 19.7 Å². The van der Waals surface area contributed by atoms with Crippen LogP contribution in [0, 0.1) is 10.1 Å². The number of nitrogens with zero attached hydrogens (tertiary/aromatic N) is 1. The number of allylic oxidation sites excluding steroid dienone is 2. The molecule has 80 valence electrons. The molecule has 6 nitrogen and oxygen atoms in total. The Kier molecular flexibility index (Phi) is 3.33. The fraction of sp³-hybridized carbons (Fsp3) is 0.333. The lowest BCUT2D eigenvalue weighted by Crippen LogP contribution is -2.16. The molecule has 0 amide bonds. The van der Waals surface area contributed by atoms with Crippen molar-refractivity contribution >= 4 is 12.3 Å². The van der Waals surface area contributed by atoms with Crippen molar-refractivity contribution in [3.8, 4) is 0 Å². The molecule has 0 spiro atoms. The van der Waals surface area contributed by atoms with Gasteiger partial charge in [0.05, 0.1) is 17.6 Å². The first-order valence-electron chi connectivity index (χ1n) is 4.23. The normalized spacial score (nSPS) is 15.7. The molecule has 6 heteroatoms. The van der Waals surface area contributed by atoms with Crippen LogP contribution in [0.4, 0.5) is 0 Å². The van der Waals surface area contributed by atoms with Crippen LogP contribution in [-0.2, 0) is 14.3 Å². The molecule has 1 rings (SSSR count). The maximum Gasteiger partial charge on any atom is 0.338 e. The van der Waals surface area contributed by atoms with E-state index in [1.54, 1.807) is 0 Å². The molecule has 0 N–H and O–H groups in total. The second kappa shape index (κ2) is 4.50. The van der Waals surface area contributed by atoms with E-state index in [0.29, 0.717) is 12.7 Å². The summed E-state index contributed by atoms with van der Waals surface area (Å²) in [4.78, 5) is 31.8. The van der Waals surface area contributed by atoms with Gasteiger partial charge in [-0.25, -0.2) is 4.79 Å². The molecule has 1 aliphatic carbocycles. The highest BCUT2D eigenvalue weighted by Crippen LogP contribution is 2.24. The molecule has 0 saturated carbocycles. The van der Waals surface area contributed by atoms with E-state index in [1.165, 1.54) is 6.08 Å². The number of nitro groups is 1. The van der Waals surface area contributed by atoms with Gasteiger partial charge < -0.3 is 4.74 Å². The zero-order valence-corrected chi connectivity index (χ0v) is 8.06. The molecule has 0 aromatic rings. The van der Waals surface area contributed by atoms with Crippen LogP contribution in [0.25, 0.3) is 0 Å². The van der Waals surface area contributed by atoms with Crippen LogP contribution in [0.15, 0.2) is 22.9 Å². The molecule has 0 aromatic heterocycles. The van der Waals surface area contributed by atoms with Crippen molar-refractivity contribution in [2.75, 3.05) is 7.11 Å². The Hall–Kier alpha value is -1.98. The minimum atomic E-state index is -0.726. The fourth-order valence-electron chi connectivity index (χ4n) is 1.38. The summed E-state index contributed by atoms with van der Waals surface area (Å²) in [6, 6.07) is 0. The summed E-state index contributed by atoms with van der Waals surface area (Å²) in [5, 5.41) is 10.6. The van der Waals surface area contributed by atoms with Crippen LogP contribution >= 0.6 is 0 Å². The predicted molar refractivity (Wildman–Crippen MR) is 49.4 cm³/mol. The van der Waals surface area contributed by atoms with Crippen LogP contribution in [0.1, 0.15) is 12.8 Å². The minimum Gasteiger partial charge on any atom is -0.465 e. The van der Waals surface area contributed by atoms with E-state index in [-0.39, 0.29) is 23.3 Å². The standard InChI is InChI=1S/C9H9NO5/c1-15-9(12)6-3-2-4-8(10(13)14)7(6)5-11/h3,5H,2,4H2,1H3. The van der Waals surface area contributed by atoms with Gasteiger partial charge in [-0.3, -0.25) is 14.9 Å². The number of methoxy groups -OCH3 is 1. The van der Waals surface area contributed by atoms with Gasteiger partial charge in [-0.05, 0) is 6.42 Å². The van der Waals surface area contributed by atoms with Gasteiger partial charge >= 0.3 is 5.97 Å². The van der Waals surface area contributed by atoms with Crippen molar-refractivity contribution < 1.29 is 19.2 Å². The van der Waals surface area contributed by atoms with Gasteiger partial charge in [0, 0.05) is 6.42 Å². The summed E-state index contributed by atoms with van der Waals surface area (Å²) in [7, 11) is 1.16. The van der Waals surface area contributed by atoms with E-state index in [0.717, 1.165) is 7.11 Å². The molecular weight excluding hydrogens is 202 g/mol. The first-order chi connectivity index (χ1) is 7.11. The fourth-order valence-corrected chi connectivity index (χ4v) is 1.38. The van der Waals surface area contributed by atoms with Crippen molar-refractivity contribution in [2.45, 2.75) is 12.8 Å². The van der Waals surface area contributed by atoms with E-state index >= 15 is 0 Å². The summed E-state index contributed by atoms with van der Waals surface area (Å²) in [6.45, 7) is 0. The van der Waals surface area contributed by atoms with Gasteiger partial charge in [0.15, 0.2) is 6.29 Å². The molecule has 0 fully saturated rings. The Morgan fingerprint density at radius 1 is 1.67 bits per heavy atom. The quantitative estimate of drug-likeness (QED) is 0.295. The molecule has 1 aliphatic rings. The summed E-state index contributed by atoms with van der Waals surface area (Å²) in [5.41, 5.74) is -0.434. The van der Waals surface area contributed by atoms with Crippen LogP contribution in [0.3, 0.4) is 0 Å². The minimum absolute atomic E-state index is 0.0227. The third-order valence-electron chi connectivity index (χ3n) is 2.07. The highest BCUT2D eigenvalue weighted by molar-refractivity contribution is 6.02. The number of rotatable bonds is 3. The van der Waals surface area contributed by atoms with Gasteiger partial charge in [0.25, 0.3) is 5.70 Å². The molecule has 0 aliphatic heterocycles. The van der Waals surface area contributed by atoms with Gasteiger partial charge in [-0.2, -0.15) is 0 Å². The number of aldehydes is 1. The Labute approximate surface area is 85.4 Å². The third-order valence-corrected chi connectivity index (χ3v) is 2.07. The molecule has 0 radical (unpaired) electrons. The number of esters is 1. The summed E-state index contributed by atoms with van der Waals surface area (Å²) >= 11 is 0. The lowest BCUT2D eigenvalue weighted by Gasteiger charge is -2.10. The maximum absolute atomic E-state index is 11.2. The van der Waals surface area contributed by atoms with Crippen LogP contribution in [-0.4, -0.2) is 24.3 Å². The summed E-state index contributed by atoms with van der Waals surface area (Å²) in [5.74, 6) is -0.726. The maximum atomic E-state index is 11.2. The van der Waals surface area contributed by atoms with Crippen molar-refractivity contribution in [3.63, 3.8) is 0 Å². The zero-order valence-electron chi connectivity index (χ0n) is 8.06. The van der Waals surface area contributed by atoms with Gasteiger partial charge in [-0.1, -0.05) is 6.08 Å². The van der Waals surface area contributed by atoms with Crippen molar-refractivity contribution in [3.05, 3.63) is 33.0 Å². The number of carbonyl (C=O) groups is 2. The van der Waals surface area contributed by atoms with Crippen molar-refractivity contribution in [1.29, 1.82) is 0 Å². The highest BCUT2D eigenvalue weighted by Gasteiger charge is 2.28. The summed E-state index contributed by atoms with van der Waals surface area (Å²) < 4.78 is 4.43. The Bertz CT molecular complexity index is 380. The average Bonchev–Trinajstić information content (AvgIpc) is 2.26. The SMILES string of the molecule is COC(=O)C1=CCCC([N+](=O)[O-])=C1C=O. The number of hydrogen-bond acceptors (Lipinski definition) is 5. The molecule has 0 atom stereocenters. The zero-order chi connectivity index (χ0) is 11.4. The first kappa shape index (κ1) is 11.1. The Morgan fingerprint density at radius 3 is 2.80 bits per heavy atom. The molecule has 0 saturated heterocycles. The Balaban J connectivity index is 3.19. The molecule has 15 heavy (non-hydrogen) atoms. The monoisotopic (exact) mass is 211 g/mol. The molecule has 0 unspecified atom stereocenters. The number of carbonyl (C=O) groups excluding carboxylic acids is 2. The van der Waals surface area contributed by atoms with Crippen LogP contribution in [0.5, 0.6) is 0 Å². The molecular formula is C9H9NO5. The highest BCUT2D eigenvalue weighted by atomic mass is 16.6. The van der Waals surface area contributed by atoms with Gasteiger partial charge in [-0.15, -0.1) is 0 Å². The third kappa shape index (κ3) is 2.09. The second-order valence-corrected chi connectivity index (χ2v) is 2.88. The van der Waals surface area contributed by atoms with E-state index < -0.39 is 10.9 Å². The second-order valence-electron chi connectivity index (χ2n) is 2.88. The lowest BCUT2D eigenvalue weighted by atomic mass is 9.96. The Morgan fingerprint density at radius 2 is 2.33 bits per heavy atom. The average molecular weight is 211 g/mol. The number of hydrogen-bond donors (Lipinski definition) is 0. The lowest BCUT2D eigenvalue weighted by molar-refractivity contribution is -0.428. The van der Waals surface area contributed by atoms with Crippen LogP contribution in [0.2, 0.25) is 0 Å². The van der Waals surface area contributed by atoms with E-state index in [2.05, 4.69) is 4.74 Å². The van der Waals surface area contributed by atoms with Gasteiger partial charge in [0.2, 0.25) is 0 Å². The van der Waals surface area contributed by atoms with Crippen molar-refractivity contribution in [1.82, 2.24) is 0 Å². The van der Waals surface area contributed by atoms with Crippen LogP contribution < -0.4 is 0 Å². The van der Waals surface area contributed by atoms with E-state index in [1.807, 2.05) is 0 Å². The largest absolute Gasteiger partial charge is 0.465 e. The summed E-state index contributed by atoms with van der Waals surface area (Å²) in [6.07, 6.45) is 2.31. The number of ether oxygens (including phenoxy) is 1. The van der Waals surface area contributed by atoms with E-state index in [4.69, 9.17) is 0 Å². The van der Waals surface area contributed by atoms with Gasteiger partial charge in [0.1, 0.15) is 5.57 Å². The molecule has 0 heterocycles. The van der Waals surface area contributed by atoms with Crippen molar-refractivity contribution in [2.24, 2.45) is 0 Å². The smallest absolute Gasteiger partial charge is 0.338 e. The molecule has 0 aromatic carbocycles. The topological polar surface area (TPSA) is 86.5 Å².